The van der Waals surface area contributed by atoms with E-state index in [1.807, 2.05) is 11.8 Å². The highest BCUT2D eigenvalue weighted by Crippen LogP contribution is 2.36. The molecular weight excluding hydrogens is 278 g/mol. The van der Waals surface area contributed by atoms with Crippen molar-refractivity contribution in [2.75, 3.05) is 6.54 Å². The molecule has 14 heavy (non-hydrogen) atoms. The Balaban J connectivity index is 2.62. The number of thioether (sulfide) groups is 1. The van der Waals surface area contributed by atoms with E-state index >= 15 is 0 Å². The molecule has 0 spiro atoms. The Morgan fingerprint density at radius 2 is 2.36 bits per heavy atom. The summed E-state index contributed by atoms with van der Waals surface area (Å²) in [4.78, 5) is 1.38. The molecule has 80 valence electrons. The third-order valence-corrected chi connectivity index (χ3v) is 5.62. The van der Waals surface area contributed by atoms with E-state index in [-0.39, 0.29) is 0 Å². The number of nitrogens with two attached hydrogens (primary N) is 1. The van der Waals surface area contributed by atoms with Crippen molar-refractivity contribution in [3.63, 3.8) is 0 Å². The second kappa shape index (κ2) is 6.16. The van der Waals surface area contributed by atoms with Gasteiger partial charge in [-0.25, -0.2) is 0 Å². The maximum absolute atomic E-state index is 5.79. The molecule has 0 aromatic carbocycles. The lowest BCUT2D eigenvalue weighted by molar-refractivity contribution is 0.880. The van der Waals surface area contributed by atoms with E-state index in [4.69, 9.17) is 5.73 Å². The molecule has 0 aliphatic rings. The van der Waals surface area contributed by atoms with E-state index in [2.05, 4.69) is 41.2 Å². The molecular formula is C10H16BrNS2. The Hall–Kier alpha value is 0.490. The molecule has 1 aromatic rings. The Bertz CT molecular complexity index is 275. The summed E-state index contributed by atoms with van der Waals surface area (Å²) >= 11 is 7.24. The van der Waals surface area contributed by atoms with Crippen molar-refractivity contribution in [3.05, 3.63) is 20.8 Å². The highest BCUT2D eigenvalue weighted by Gasteiger charge is 2.15. The zero-order valence-electron chi connectivity index (χ0n) is 8.50. The van der Waals surface area contributed by atoms with Gasteiger partial charge < -0.3 is 5.73 Å². The molecule has 0 aliphatic carbocycles. The Morgan fingerprint density at radius 1 is 1.64 bits per heavy atom. The minimum absolute atomic E-state index is 0.459. The molecule has 0 saturated carbocycles. The molecule has 1 aromatic heterocycles. The monoisotopic (exact) mass is 293 g/mol. The van der Waals surface area contributed by atoms with Gasteiger partial charge in [-0.2, -0.15) is 0 Å². The second-order valence-electron chi connectivity index (χ2n) is 3.25. The van der Waals surface area contributed by atoms with E-state index in [1.54, 1.807) is 11.3 Å². The normalized spacial score (nSPS) is 15.4. The number of hydrogen-bond acceptors (Lipinski definition) is 3. The van der Waals surface area contributed by atoms with E-state index in [1.165, 1.54) is 15.8 Å². The quantitative estimate of drug-likeness (QED) is 0.887. The van der Waals surface area contributed by atoms with Crippen LogP contribution in [0.15, 0.2) is 15.9 Å². The van der Waals surface area contributed by atoms with Gasteiger partial charge in [0.25, 0.3) is 0 Å². The molecule has 2 N–H and O–H groups in total. The fraction of sp³-hybridized carbons (Fsp3) is 0.600. The third kappa shape index (κ3) is 3.57. The topological polar surface area (TPSA) is 26.0 Å². The van der Waals surface area contributed by atoms with Crippen LogP contribution in [0.5, 0.6) is 0 Å². The van der Waals surface area contributed by atoms with Gasteiger partial charge in [0.1, 0.15) is 0 Å². The van der Waals surface area contributed by atoms with Crippen LogP contribution in [-0.2, 0) is 0 Å². The van der Waals surface area contributed by atoms with Crippen LogP contribution in [0.1, 0.15) is 30.4 Å². The fourth-order valence-electron chi connectivity index (χ4n) is 1.11. The summed E-state index contributed by atoms with van der Waals surface area (Å²) in [5, 5.41) is 3.26. The van der Waals surface area contributed by atoms with Crippen molar-refractivity contribution in [2.45, 2.75) is 30.8 Å². The van der Waals surface area contributed by atoms with Crippen LogP contribution in [-0.4, -0.2) is 11.8 Å². The molecule has 4 heteroatoms. The fourth-order valence-corrected chi connectivity index (χ4v) is 3.95. The number of halogens is 1. The maximum Gasteiger partial charge on any atom is 0.0516 e. The van der Waals surface area contributed by atoms with Crippen molar-refractivity contribution >= 4 is 39.0 Å². The van der Waals surface area contributed by atoms with Crippen LogP contribution in [0.2, 0.25) is 0 Å². The van der Waals surface area contributed by atoms with Gasteiger partial charge in [-0.05, 0) is 28.4 Å². The maximum atomic E-state index is 5.79. The van der Waals surface area contributed by atoms with Gasteiger partial charge in [-0.1, -0.05) is 13.8 Å². The Morgan fingerprint density at radius 3 is 2.79 bits per heavy atom. The van der Waals surface area contributed by atoms with E-state index in [0.717, 1.165) is 6.54 Å². The highest BCUT2D eigenvalue weighted by atomic mass is 79.9. The smallest absolute Gasteiger partial charge is 0.0516 e. The van der Waals surface area contributed by atoms with Gasteiger partial charge in [0.05, 0.1) is 5.25 Å². The molecule has 0 aliphatic heterocycles. The van der Waals surface area contributed by atoms with Gasteiger partial charge in [-0.15, -0.1) is 23.1 Å². The Labute approximate surface area is 103 Å². The molecule has 0 saturated heterocycles. The van der Waals surface area contributed by atoms with Crippen LogP contribution in [0, 0.1) is 0 Å². The van der Waals surface area contributed by atoms with E-state index < -0.39 is 0 Å². The lowest BCUT2D eigenvalue weighted by Gasteiger charge is -2.16. The van der Waals surface area contributed by atoms with Crippen LogP contribution in [0.3, 0.4) is 0 Å². The summed E-state index contributed by atoms with van der Waals surface area (Å²) in [6.07, 6.45) is 1.20. The average molecular weight is 294 g/mol. The van der Waals surface area contributed by atoms with Gasteiger partial charge >= 0.3 is 0 Å². The Kier molecular flexibility index (Phi) is 5.52. The largest absolute Gasteiger partial charge is 0.329 e. The third-order valence-electron chi connectivity index (χ3n) is 2.09. The van der Waals surface area contributed by atoms with E-state index in [0.29, 0.717) is 10.5 Å². The summed E-state index contributed by atoms with van der Waals surface area (Å²) < 4.78 is 1.17. The molecule has 2 atom stereocenters. The van der Waals surface area contributed by atoms with E-state index in [9.17, 15) is 0 Å². The summed E-state index contributed by atoms with van der Waals surface area (Å²) in [5.41, 5.74) is 5.79. The predicted octanol–water partition coefficient (Wildman–Crippen LogP) is 4.04. The number of hydrogen-bond donors (Lipinski definition) is 1. The highest BCUT2D eigenvalue weighted by molar-refractivity contribution is 9.10. The summed E-state index contributed by atoms with van der Waals surface area (Å²) in [7, 11) is 0. The molecule has 1 rings (SSSR count). The summed E-state index contributed by atoms with van der Waals surface area (Å²) in [5.74, 6) is 0. The summed E-state index contributed by atoms with van der Waals surface area (Å²) in [6.45, 7) is 5.20. The second-order valence-corrected chi connectivity index (χ2v) is 6.75. The zero-order chi connectivity index (χ0) is 10.6. The molecule has 2 unspecified atom stereocenters. The first-order valence-corrected chi connectivity index (χ1v) is 7.38. The van der Waals surface area contributed by atoms with Crippen molar-refractivity contribution < 1.29 is 0 Å². The minimum Gasteiger partial charge on any atom is -0.329 e. The van der Waals surface area contributed by atoms with Gasteiger partial charge in [-0.3, -0.25) is 0 Å². The van der Waals surface area contributed by atoms with Crippen LogP contribution >= 0.6 is 39.0 Å². The van der Waals surface area contributed by atoms with Crippen molar-refractivity contribution in [2.24, 2.45) is 5.73 Å². The first-order valence-electron chi connectivity index (χ1n) is 4.76. The molecule has 0 fully saturated rings. The minimum atomic E-state index is 0.459. The number of thiophene rings is 1. The standard InChI is InChI=1S/C10H16BrNS2/c1-3-7(2)14-10(5-12)9-4-8(11)6-13-9/h4,6-7,10H,3,5,12H2,1-2H3. The van der Waals surface area contributed by atoms with Gasteiger partial charge in [0.2, 0.25) is 0 Å². The van der Waals surface area contributed by atoms with Crippen LogP contribution in [0.4, 0.5) is 0 Å². The first kappa shape index (κ1) is 12.6. The lowest BCUT2D eigenvalue weighted by atomic mass is 10.3. The van der Waals surface area contributed by atoms with Crippen molar-refractivity contribution in [1.82, 2.24) is 0 Å². The van der Waals surface area contributed by atoms with Crippen LogP contribution in [0.25, 0.3) is 0 Å². The van der Waals surface area contributed by atoms with Gasteiger partial charge in [0.15, 0.2) is 0 Å². The van der Waals surface area contributed by atoms with Crippen molar-refractivity contribution in [3.8, 4) is 0 Å². The van der Waals surface area contributed by atoms with Crippen molar-refractivity contribution in [1.29, 1.82) is 0 Å². The molecule has 0 bridgehead atoms. The molecule has 0 radical (unpaired) electrons. The van der Waals surface area contributed by atoms with Gasteiger partial charge in [0, 0.05) is 26.5 Å². The lowest BCUT2D eigenvalue weighted by Crippen LogP contribution is -2.11. The molecule has 1 nitrogen and oxygen atoms in total. The summed E-state index contributed by atoms with van der Waals surface area (Å²) in [6, 6.07) is 2.18. The molecule has 1 heterocycles. The van der Waals surface area contributed by atoms with Crippen LogP contribution < -0.4 is 5.73 Å². The molecule has 0 amide bonds. The SMILES string of the molecule is CCC(C)SC(CN)c1cc(Br)cs1. The number of rotatable bonds is 5. The zero-order valence-corrected chi connectivity index (χ0v) is 11.7. The predicted molar refractivity (Wildman–Crippen MR) is 71.2 cm³/mol. The average Bonchev–Trinajstić information content (AvgIpc) is 2.60. The first-order chi connectivity index (χ1) is 6.67.